The zero-order valence-corrected chi connectivity index (χ0v) is 14.4. The van der Waals surface area contributed by atoms with Crippen LogP contribution in [0.5, 0.6) is 0 Å². The van der Waals surface area contributed by atoms with E-state index in [2.05, 4.69) is 100 Å². The summed E-state index contributed by atoms with van der Waals surface area (Å²) in [6, 6.07) is 26.1. The Bertz CT molecular complexity index is 805. The molecule has 0 saturated heterocycles. The molecule has 0 aromatic heterocycles. The van der Waals surface area contributed by atoms with E-state index in [9.17, 15) is 0 Å². The van der Waals surface area contributed by atoms with Crippen molar-refractivity contribution in [2.45, 2.75) is 33.1 Å². The summed E-state index contributed by atoms with van der Waals surface area (Å²) < 4.78 is 0. The van der Waals surface area contributed by atoms with Gasteiger partial charge in [-0.1, -0.05) is 93.6 Å². The number of aryl methyl sites for hydroxylation is 1. The minimum Gasteiger partial charge on any atom is -0.0622 e. The molecule has 0 aliphatic rings. The molecule has 3 aromatic carbocycles. The molecule has 0 unspecified atom stereocenters. The maximum absolute atomic E-state index is 2.29. The van der Waals surface area contributed by atoms with Crippen molar-refractivity contribution in [2.24, 2.45) is 0 Å². The second kappa shape index (κ2) is 6.04. The average Bonchev–Trinajstić information content (AvgIpc) is 2.55. The van der Waals surface area contributed by atoms with Gasteiger partial charge in [0.2, 0.25) is 0 Å². The summed E-state index contributed by atoms with van der Waals surface area (Å²) in [4.78, 5) is 0. The molecule has 0 fully saturated rings. The number of hydrogen-bond acceptors (Lipinski definition) is 0. The van der Waals surface area contributed by atoms with Crippen molar-refractivity contribution in [1.29, 1.82) is 0 Å². The lowest BCUT2D eigenvalue weighted by molar-refractivity contribution is 0.591. The van der Waals surface area contributed by atoms with Crippen LogP contribution in [0, 0.1) is 6.92 Å². The lowest BCUT2D eigenvalue weighted by Gasteiger charge is -2.25. The Labute approximate surface area is 139 Å². The fourth-order valence-corrected chi connectivity index (χ4v) is 3.22. The van der Waals surface area contributed by atoms with Crippen molar-refractivity contribution in [3.05, 3.63) is 83.9 Å². The summed E-state index contributed by atoms with van der Waals surface area (Å²) in [5.41, 5.74) is 8.12. The molecule has 0 bridgehead atoms. The Morgan fingerprint density at radius 2 is 1.22 bits per heavy atom. The quantitative estimate of drug-likeness (QED) is 0.498. The monoisotopic (exact) mass is 300 g/mol. The van der Waals surface area contributed by atoms with E-state index >= 15 is 0 Å². The van der Waals surface area contributed by atoms with Crippen molar-refractivity contribution in [3.8, 4) is 22.3 Å². The van der Waals surface area contributed by atoms with Crippen molar-refractivity contribution in [3.63, 3.8) is 0 Å². The highest BCUT2D eigenvalue weighted by atomic mass is 14.2. The summed E-state index contributed by atoms with van der Waals surface area (Å²) in [6.45, 7) is 9.08. The summed E-state index contributed by atoms with van der Waals surface area (Å²) >= 11 is 0. The summed E-state index contributed by atoms with van der Waals surface area (Å²) in [6.07, 6.45) is 0. The fourth-order valence-electron chi connectivity index (χ4n) is 3.22. The molecule has 116 valence electrons. The summed E-state index contributed by atoms with van der Waals surface area (Å²) in [5, 5.41) is 0. The van der Waals surface area contributed by atoms with Gasteiger partial charge in [-0.2, -0.15) is 0 Å². The van der Waals surface area contributed by atoms with Gasteiger partial charge in [-0.3, -0.25) is 0 Å². The van der Waals surface area contributed by atoms with Crippen LogP contribution in [0.4, 0.5) is 0 Å². The molecule has 0 spiro atoms. The lowest BCUT2D eigenvalue weighted by Crippen LogP contribution is -2.13. The second-order valence-electron chi connectivity index (χ2n) is 7.16. The smallest absolute Gasteiger partial charge is 0.00998 e. The van der Waals surface area contributed by atoms with Crippen LogP contribution in [0.3, 0.4) is 0 Å². The van der Waals surface area contributed by atoms with Gasteiger partial charge in [-0.05, 0) is 45.7 Å². The van der Waals surface area contributed by atoms with Gasteiger partial charge in [0.05, 0.1) is 0 Å². The van der Waals surface area contributed by atoms with E-state index in [0.29, 0.717) is 0 Å². The van der Waals surface area contributed by atoms with Gasteiger partial charge < -0.3 is 0 Å². The highest BCUT2D eigenvalue weighted by Crippen LogP contribution is 2.39. The molecule has 0 aliphatic heterocycles. The summed E-state index contributed by atoms with van der Waals surface area (Å²) in [5.74, 6) is 0. The molecule has 3 aromatic rings. The predicted octanol–water partition coefficient (Wildman–Crippen LogP) is 6.63. The normalized spacial score (nSPS) is 11.5. The standard InChI is InChI=1S/C23H24/c1-17-11-10-16-21(23(2,3)4)22(17)20-15-9-8-14-19(20)18-12-6-5-7-13-18/h5-16H,1-4H3. The van der Waals surface area contributed by atoms with E-state index in [-0.39, 0.29) is 5.41 Å². The van der Waals surface area contributed by atoms with Crippen LogP contribution in [0.1, 0.15) is 31.9 Å². The van der Waals surface area contributed by atoms with Gasteiger partial charge in [0.1, 0.15) is 0 Å². The van der Waals surface area contributed by atoms with Gasteiger partial charge in [-0.15, -0.1) is 0 Å². The number of rotatable bonds is 2. The van der Waals surface area contributed by atoms with Gasteiger partial charge in [-0.25, -0.2) is 0 Å². The molecule has 0 saturated carbocycles. The van der Waals surface area contributed by atoms with Gasteiger partial charge >= 0.3 is 0 Å². The van der Waals surface area contributed by atoms with E-state index in [1.807, 2.05) is 0 Å². The van der Waals surface area contributed by atoms with Gasteiger partial charge in [0.25, 0.3) is 0 Å². The minimum absolute atomic E-state index is 0.116. The molecule has 0 radical (unpaired) electrons. The Hall–Kier alpha value is -2.34. The highest BCUT2D eigenvalue weighted by Gasteiger charge is 2.21. The number of hydrogen-bond donors (Lipinski definition) is 0. The van der Waals surface area contributed by atoms with Crippen LogP contribution in [0.25, 0.3) is 22.3 Å². The molecule has 0 N–H and O–H groups in total. The van der Waals surface area contributed by atoms with Crippen molar-refractivity contribution in [2.75, 3.05) is 0 Å². The van der Waals surface area contributed by atoms with Crippen LogP contribution in [-0.4, -0.2) is 0 Å². The molecule has 0 aliphatic carbocycles. The third-order valence-corrected chi connectivity index (χ3v) is 4.36. The maximum Gasteiger partial charge on any atom is -0.00998 e. The van der Waals surface area contributed by atoms with E-state index in [0.717, 1.165) is 0 Å². The second-order valence-corrected chi connectivity index (χ2v) is 7.16. The molecule has 0 amide bonds. The molecule has 0 atom stereocenters. The lowest BCUT2D eigenvalue weighted by atomic mass is 9.79. The van der Waals surface area contributed by atoms with Crippen LogP contribution in [0.15, 0.2) is 72.8 Å². The molecular weight excluding hydrogens is 276 g/mol. The zero-order chi connectivity index (χ0) is 16.4. The first-order valence-corrected chi connectivity index (χ1v) is 8.23. The molecular formula is C23H24. The summed E-state index contributed by atoms with van der Waals surface area (Å²) in [7, 11) is 0. The molecule has 0 heterocycles. The first-order chi connectivity index (χ1) is 11.0. The van der Waals surface area contributed by atoms with Crippen LogP contribution >= 0.6 is 0 Å². The molecule has 3 rings (SSSR count). The van der Waals surface area contributed by atoms with E-state index in [1.165, 1.54) is 33.4 Å². The first kappa shape index (κ1) is 15.6. The topological polar surface area (TPSA) is 0 Å². The zero-order valence-electron chi connectivity index (χ0n) is 14.4. The van der Waals surface area contributed by atoms with Crippen LogP contribution in [-0.2, 0) is 5.41 Å². The maximum atomic E-state index is 2.29. The van der Waals surface area contributed by atoms with Crippen molar-refractivity contribution >= 4 is 0 Å². The third kappa shape index (κ3) is 3.07. The first-order valence-electron chi connectivity index (χ1n) is 8.23. The number of benzene rings is 3. The Morgan fingerprint density at radius 3 is 1.87 bits per heavy atom. The van der Waals surface area contributed by atoms with Crippen molar-refractivity contribution in [1.82, 2.24) is 0 Å². The SMILES string of the molecule is Cc1cccc(C(C)(C)C)c1-c1ccccc1-c1ccccc1. The van der Waals surface area contributed by atoms with Gasteiger partial charge in [0.15, 0.2) is 0 Å². The highest BCUT2D eigenvalue weighted by molar-refractivity contribution is 5.86. The van der Waals surface area contributed by atoms with Crippen LogP contribution in [0.2, 0.25) is 0 Å². The fraction of sp³-hybridized carbons (Fsp3) is 0.217. The van der Waals surface area contributed by atoms with Crippen LogP contribution < -0.4 is 0 Å². The van der Waals surface area contributed by atoms with E-state index in [4.69, 9.17) is 0 Å². The molecule has 0 heteroatoms. The largest absolute Gasteiger partial charge is 0.0622 e. The van der Waals surface area contributed by atoms with E-state index < -0.39 is 0 Å². The molecule has 0 nitrogen and oxygen atoms in total. The Kier molecular flexibility index (Phi) is 4.09. The molecule has 23 heavy (non-hydrogen) atoms. The minimum atomic E-state index is 0.116. The van der Waals surface area contributed by atoms with E-state index in [1.54, 1.807) is 0 Å². The Morgan fingerprint density at radius 1 is 0.609 bits per heavy atom. The predicted molar refractivity (Wildman–Crippen MR) is 101 cm³/mol. The average molecular weight is 300 g/mol. The van der Waals surface area contributed by atoms with Crippen molar-refractivity contribution < 1.29 is 0 Å². The van der Waals surface area contributed by atoms with Gasteiger partial charge in [0, 0.05) is 0 Å². The Balaban J connectivity index is 2.30. The third-order valence-electron chi connectivity index (χ3n) is 4.36.